The first-order valence-electron chi connectivity index (χ1n) is 4.11. The van der Waals surface area contributed by atoms with E-state index < -0.39 is 0 Å². The van der Waals surface area contributed by atoms with Crippen LogP contribution in [0.5, 0.6) is 0 Å². The van der Waals surface area contributed by atoms with Gasteiger partial charge in [0.05, 0.1) is 6.61 Å². The minimum absolute atomic E-state index is 0.109. The van der Waals surface area contributed by atoms with Crippen molar-refractivity contribution in [3.8, 4) is 0 Å². The minimum atomic E-state index is 0.109. The topological polar surface area (TPSA) is 20.2 Å². The van der Waals surface area contributed by atoms with E-state index in [1.165, 1.54) is 10.3 Å². The highest BCUT2D eigenvalue weighted by molar-refractivity contribution is 9.10. The number of benzene rings is 1. The van der Waals surface area contributed by atoms with Crippen LogP contribution in [-0.4, -0.2) is 5.11 Å². The molecule has 1 aromatic carbocycles. The van der Waals surface area contributed by atoms with Gasteiger partial charge in [0.25, 0.3) is 0 Å². The molecule has 0 aliphatic rings. The molecule has 1 aromatic heterocycles. The summed E-state index contributed by atoms with van der Waals surface area (Å²) in [6.45, 7) is 0.109. The molecule has 1 N–H and O–H groups in total. The second-order valence-corrected chi connectivity index (χ2v) is 5.30. The van der Waals surface area contributed by atoms with Crippen molar-refractivity contribution in [2.24, 2.45) is 0 Å². The maximum Gasteiger partial charge on any atom is 0.0696 e. The zero-order valence-corrected chi connectivity index (χ0v) is 11.2. The maximum absolute atomic E-state index is 9.16. The fourth-order valence-electron chi connectivity index (χ4n) is 1.40. The molecule has 0 unspecified atom stereocenters. The lowest BCUT2D eigenvalue weighted by Crippen LogP contribution is -1.82. The molecule has 2 aromatic rings. The molecule has 0 amide bonds. The number of rotatable bonds is 2. The predicted octanol–water partition coefficient (Wildman–Crippen LogP) is 4.05. The second kappa shape index (κ2) is 4.31. The van der Waals surface area contributed by atoms with Crippen LogP contribution in [-0.2, 0) is 11.9 Å². The van der Waals surface area contributed by atoms with Gasteiger partial charge in [-0.05, 0) is 50.0 Å². The Balaban J connectivity index is 2.73. The molecule has 0 aliphatic carbocycles. The fourth-order valence-corrected chi connectivity index (χ4v) is 3.46. The van der Waals surface area contributed by atoms with Crippen LogP contribution in [0.4, 0.5) is 0 Å². The molecule has 0 saturated heterocycles. The first-order valence-corrected chi connectivity index (χ1v) is 6.91. The van der Waals surface area contributed by atoms with Crippen LogP contribution < -0.4 is 0 Å². The van der Waals surface area contributed by atoms with Gasteiger partial charge in [0, 0.05) is 14.5 Å². The largest absolute Gasteiger partial charge is 0.392 e. The summed E-state index contributed by atoms with van der Waals surface area (Å²) in [5, 5.41) is 13.2. The van der Waals surface area contributed by atoms with E-state index in [9.17, 15) is 0 Å². The van der Waals surface area contributed by atoms with Crippen LogP contribution in [0.25, 0.3) is 10.1 Å². The average molecular weight is 336 g/mol. The summed E-state index contributed by atoms with van der Waals surface area (Å²) in [4.78, 5) is 0. The number of aliphatic hydroxyl groups is 1. The summed E-state index contributed by atoms with van der Waals surface area (Å²) in [7, 11) is 0. The number of alkyl halides is 1. The Morgan fingerprint density at radius 3 is 2.79 bits per heavy atom. The molecule has 74 valence electrons. The first kappa shape index (κ1) is 10.6. The molecular weight excluding hydrogens is 328 g/mol. The van der Waals surface area contributed by atoms with Crippen LogP contribution >= 0.6 is 43.2 Å². The Kier molecular flexibility index (Phi) is 3.27. The van der Waals surface area contributed by atoms with Crippen molar-refractivity contribution >= 4 is 53.3 Å². The molecule has 1 nitrogen and oxygen atoms in total. The average Bonchev–Trinajstić information content (AvgIpc) is 2.61. The van der Waals surface area contributed by atoms with Gasteiger partial charge in [0.1, 0.15) is 0 Å². The van der Waals surface area contributed by atoms with Gasteiger partial charge in [0.2, 0.25) is 0 Å². The van der Waals surface area contributed by atoms with Crippen LogP contribution in [0.3, 0.4) is 0 Å². The summed E-state index contributed by atoms with van der Waals surface area (Å²) in [6, 6.07) is 4.23. The van der Waals surface area contributed by atoms with Crippen LogP contribution in [0.15, 0.2) is 22.0 Å². The third-order valence-electron chi connectivity index (χ3n) is 2.09. The van der Waals surface area contributed by atoms with Crippen LogP contribution in [0.2, 0.25) is 0 Å². The number of hydrogen-bond donors (Lipinski definition) is 1. The first-order chi connectivity index (χ1) is 6.76. The molecule has 0 aliphatic heterocycles. The smallest absolute Gasteiger partial charge is 0.0696 e. The highest BCUT2D eigenvalue weighted by Crippen LogP contribution is 2.34. The summed E-state index contributed by atoms with van der Waals surface area (Å²) in [5.41, 5.74) is 2.23. The third kappa shape index (κ3) is 1.76. The number of hydrogen-bond acceptors (Lipinski definition) is 2. The SMILES string of the molecule is OCc1csc2c(Br)cc(CBr)cc12. The van der Waals surface area contributed by atoms with Gasteiger partial charge in [-0.2, -0.15) is 0 Å². The summed E-state index contributed by atoms with van der Waals surface area (Å²) < 4.78 is 2.31. The van der Waals surface area contributed by atoms with Crippen molar-refractivity contribution in [1.82, 2.24) is 0 Å². The zero-order chi connectivity index (χ0) is 10.1. The monoisotopic (exact) mass is 334 g/mol. The van der Waals surface area contributed by atoms with E-state index in [0.29, 0.717) is 0 Å². The van der Waals surface area contributed by atoms with E-state index in [4.69, 9.17) is 5.11 Å². The van der Waals surface area contributed by atoms with Crippen LogP contribution in [0.1, 0.15) is 11.1 Å². The van der Waals surface area contributed by atoms with Crippen molar-refractivity contribution in [3.63, 3.8) is 0 Å². The zero-order valence-electron chi connectivity index (χ0n) is 7.26. The second-order valence-electron chi connectivity index (χ2n) is 3.01. The number of thiophene rings is 1. The van der Waals surface area contributed by atoms with Gasteiger partial charge < -0.3 is 5.11 Å². The van der Waals surface area contributed by atoms with Gasteiger partial charge in [-0.1, -0.05) is 15.9 Å². The lowest BCUT2D eigenvalue weighted by Gasteiger charge is -2.00. The Hall–Kier alpha value is 0.1000. The van der Waals surface area contributed by atoms with E-state index in [-0.39, 0.29) is 6.61 Å². The maximum atomic E-state index is 9.16. The molecule has 0 bridgehead atoms. The van der Waals surface area contributed by atoms with E-state index >= 15 is 0 Å². The number of halogens is 2. The molecule has 0 fully saturated rings. The normalized spacial score (nSPS) is 11.1. The van der Waals surface area contributed by atoms with Gasteiger partial charge >= 0.3 is 0 Å². The van der Waals surface area contributed by atoms with E-state index in [1.54, 1.807) is 11.3 Å². The molecular formula is C10H8Br2OS. The van der Waals surface area contributed by atoms with Crippen molar-refractivity contribution in [1.29, 1.82) is 0 Å². The van der Waals surface area contributed by atoms with Crippen molar-refractivity contribution in [2.75, 3.05) is 0 Å². The molecule has 0 spiro atoms. The number of fused-ring (bicyclic) bond motifs is 1. The van der Waals surface area contributed by atoms with E-state index in [1.807, 2.05) is 5.38 Å². The van der Waals surface area contributed by atoms with Crippen LogP contribution in [0, 0.1) is 0 Å². The molecule has 0 atom stereocenters. The summed E-state index contributed by atoms with van der Waals surface area (Å²) in [5.74, 6) is 0. The predicted molar refractivity (Wildman–Crippen MR) is 68.1 cm³/mol. The van der Waals surface area contributed by atoms with Crippen molar-refractivity contribution in [2.45, 2.75) is 11.9 Å². The van der Waals surface area contributed by atoms with Crippen molar-refractivity contribution in [3.05, 3.63) is 33.1 Å². The highest BCUT2D eigenvalue weighted by Gasteiger charge is 2.07. The minimum Gasteiger partial charge on any atom is -0.392 e. The van der Waals surface area contributed by atoms with Gasteiger partial charge in [-0.15, -0.1) is 11.3 Å². The standard InChI is InChI=1S/C10H8Br2OS/c11-3-6-1-8-7(4-13)5-14-10(8)9(12)2-6/h1-2,5,13H,3-4H2. The Bertz CT molecular complexity index is 464. The third-order valence-corrected chi connectivity index (χ3v) is 4.71. The van der Waals surface area contributed by atoms with E-state index in [2.05, 4.69) is 44.0 Å². The highest BCUT2D eigenvalue weighted by atomic mass is 79.9. The van der Waals surface area contributed by atoms with E-state index in [0.717, 1.165) is 20.8 Å². The molecule has 2 rings (SSSR count). The molecule has 0 radical (unpaired) electrons. The van der Waals surface area contributed by atoms with Crippen molar-refractivity contribution < 1.29 is 5.11 Å². The molecule has 14 heavy (non-hydrogen) atoms. The van der Waals surface area contributed by atoms with Gasteiger partial charge in [-0.3, -0.25) is 0 Å². The number of aliphatic hydroxyl groups excluding tert-OH is 1. The van der Waals surface area contributed by atoms with Gasteiger partial charge in [-0.25, -0.2) is 0 Å². The Labute approximate surface area is 103 Å². The Morgan fingerprint density at radius 2 is 2.14 bits per heavy atom. The molecule has 1 heterocycles. The van der Waals surface area contributed by atoms with Gasteiger partial charge in [0.15, 0.2) is 0 Å². The summed E-state index contributed by atoms with van der Waals surface area (Å²) in [6.07, 6.45) is 0. The Morgan fingerprint density at radius 1 is 1.36 bits per heavy atom. The quantitative estimate of drug-likeness (QED) is 0.821. The summed E-state index contributed by atoms with van der Waals surface area (Å²) >= 11 is 8.63. The lowest BCUT2D eigenvalue weighted by molar-refractivity contribution is 0.284. The lowest BCUT2D eigenvalue weighted by atomic mass is 10.1. The molecule has 0 saturated carbocycles. The fraction of sp³-hybridized carbons (Fsp3) is 0.200. The molecule has 4 heteroatoms.